The van der Waals surface area contributed by atoms with Crippen LogP contribution in [0.4, 0.5) is 0 Å². The van der Waals surface area contributed by atoms with E-state index in [1.807, 2.05) is 19.9 Å². The number of allylic oxidation sites excluding steroid dienone is 4. The molecule has 4 aliphatic carbocycles. The Labute approximate surface area is 261 Å². The number of fused-ring (bicyclic) bond motifs is 3. The molecule has 2 saturated carbocycles. The molecule has 238 valence electrons. The lowest BCUT2D eigenvalue weighted by Crippen LogP contribution is -2.59. The van der Waals surface area contributed by atoms with Gasteiger partial charge in [0.05, 0.1) is 13.2 Å². The minimum Gasteiger partial charge on any atom is -0.508 e. The maximum atomic E-state index is 14.6. The van der Waals surface area contributed by atoms with Crippen LogP contribution >= 0.6 is 0 Å². The van der Waals surface area contributed by atoms with Crippen LogP contribution in [0.25, 0.3) is 11.0 Å². The van der Waals surface area contributed by atoms with E-state index in [0.29, 0.717) is 18.4 Å². The third-order valence-electron chi connectivity index (χ3n) is 11.9. The summed E-state index contributed by atoms with van der Waals surface area (Å²) in [5, 5.41) is 31.9. The van der Waals surface area contributed by atoms with Gasteiger partial charge in [0.2, 0.25) is 5.78 Å². The molecule has 8 unspecified atom stereocenters. The summed E-state index contributed by atoms with van der Waals surface area (Å²) in [6.07, 6.45) is 6.53. The first-order valence-corrected chi connectivity index (χ1v) is 15.6. The average Bonchev–Trinajstić information content (AvgIpc) is 2.98. The van der Waals surface area contributed by atoms with Crippen molar-refractivity contribution in [3.8, 4) is 11.5 Å². The Morgan fingerprint density at radius 3 is 2.53 bits per heavy atom. The van der Waals surface area contributed by atoms with Gasteiger partial charge in [-0.15, -0.1) is 0 Å². The van der Waals surface area contributed by atoms with Crippen molar-refractivity contribution in [3.05, 3.63) is 69.8 Å². The number of rotatable bonds is 5. The minimum atomic E-state index is -1.66. The van der Waals surface area contributed by atoms with Crippen molar-refractivity contribution in [3.63, 3.8) is 0 Å². The molecule has 45 heavy (non-hydrogen) atoms. The lowest BCUT2D eigenvalue weighted by molar-refractivity contribution is -0.141. The second-order valence-corrected chi connectivity index (χ2v) is 14.1. The summed E-state index contributed by atoms with van der Waals surface area (Å²) in [7, 11) is 1.33. The summed E-state index contributed by atoms with van der Waals surface area (Å²) in [6, 6.07) is 3.41. The maximum Gasteiger partial charge on any atom is 0.202 e. The maximum absolute atomic E-state index is 14.6. The summed E-state index contributed by atoms with van der Waals surface area (Å²) in [4.78, 5) is 54.6. The third kappa shape index (κ3) is 4.30. The number of phenolic OH excluding ortho intramolecular Hbond substituents is 2. The molecule has 0 radical (unpaired) electrons. The fraction of sp³-hybridized carbons (Fsp3) is 0.500. The van der Waals surface area contributed by atoms with Crippen molar-refractivity contribution in [2.75, 3.05) is 7.11 Å². The molecule has 2 aromatic rings. The molecule has 8 atom stereocenters. The van der Waals surface area contributed by atoms with Gasteiger partial charge in [0.1, 0.15) is 39.9 Å². The molecule has 0 aliphatic heterocycles. The Kier molecular flexibility index (Phi) is 7.27. The predicted octanol–water partition coefficient (Wildman–Crippen LogP) is 5.05. The van der Waals surface area contributed by atoms with Crippen LogP contribution in [0.1, 0.15) is 65.1 Å². The fourth-order valence-electron chi connectivity index (χ4n) is 9.56. The Morgan fingerprint density at radius 1 is 1.11 bits per heavy atom. The van der Waals surface area contributed by atoms with Crippen molar-refractivity contribution in [1.29, 1.82) is 0 Å². The molecule has 0 saturated heterocycles. The predicted molar refractivity (Wildman–Crippen MR) is 165 cm³/mol. The number of hydrogen-bond donors (Lipinski definition) is 3. The molecule has 1 aromatic heterocycles. The molecule has 3 N–H and O–H groups in total. The van der Waals surface area contributed by atoms with Crippen LogP contribution in [-0.2, 0) is 24.5 Å². The largest absolute Gasteiger partial charge is 0.508 e. The zero-order valence-electron chi connectivity index (χ0n) is 26.1. The Hall–Kier alpha value is -3.98. The molecule has 9 nitrogen and oxygen atoms in total. The number of aromatic hydroxyl groups is 2. The van der Waals surface area contributed by atoms with Crippen LogP contribution < -0.4 is 5.43 Å². The van der Waals surface area contributed by atoms with Gasteiger partial charge in [0, 0.05) is 41.5 Å². The van der Waals surface area contributed by atoms with Crippen molar-refractivity contribution in [2.45, 2.75) is 70.8 Å². The number of hydrogen-bond acceptors (Lipinski definition) is 9. The van der Waals surface area contributed by atoms with Crippen LogP contribution in [0.15, 0.2) is 63.0 Å². The summed E-state index contributed by atoms with van der Waals surface area (Å²) in [5.41, 5.74) is -2.01. The molecule has 0 bridgehead atoms. The number of aliphatic hydroxyl groups is 1. The molecular weight excluding hydrogens is 576 g/mol. The van der Waals surface area contributed by atoms with Gasteiger partial charge in [0.15, 0.2) is 17.0 Å². The summed E-state index contributed by atoms with van der Waals surface area (Å²) >= 11 is 0. The van der Waals surface area contributed by atoms with E-state index in [4.69, 9.17) is 9.15 Å². The standard InChI is InChI=1S/C36H40O9/c1-18-7-8-21-33(43)28(44-5)16-30(42)36(21,31-15-26(41)32-25(40)11-20(38)12-27(32)45-31)22(18)13-23-19(2)24(39)14-29-34(3,17-37)9-6-10-35(23,29)4/h7,11-12,15-17,21-24,29,38-40H,2,6,8-10,13-14H2,1,3-5H3. The van der Waals surface area contributed by atoms with Crippen LogP contribution in [0, 0.1) is 34.5 Å². The second-order valence-electron chi connectivity index (χ2n) is 14.1. The van der Waals surface area contributed by atoms with E-state index in [2.05, 4.69) is 13.5 Å². The minimum absolute atomic E-state index is 0.0396. The van der Waals surface area contributed by atoms with E-state index in [-0.39, 0.29) is 46.5 Å². The molecule has 2 fully saturated rings. The van der Waals surface area contributed by atoms with Gasteiger partial charge in [-0.2, -0.15) is 0 Å². The monoisotopic (exact) mass is 616 g/mol. The van der Waals surface area contributed by atoms with Crippen molar-refractivity contribution >= 4 is 28.8 Å². The molecule has 0 amide bonds. The van der Waals surface area contributed by atoms with E-state index in [0.717, 1.165) is 37.2 Å². The molecule has 6 rings (SSSR count). The second kappa shape index (κ2) is 10.5. The van der Waals surface area contributed by atoms with Gasteiger partial charge in [-0.25, -0.2) is 0 Å². The number of carbonyl (C=O) groups is 3. The highest BCUT2D eigenvalue weighted by atomic mass is 16.5. The smallest absolute Gasteiger partial charge is 0.202 e. The van der Waals surface area contributed by atoms with E-state index in [9.17, 15) is 34.5 Å². The van der Waals surface area contributed by atoms with Crippen LogP contribution in [0.2, 0.25) is 0 Å². The van der Waals surface area contributed by atoms with E-state index in [1.165, 1.54) is 25.3 Å². The number of benzene rings is 1. The number of methoxy groups -OCH3 is 1. The number of aliphatic hydroxyl groups excluding tert-OH is 1. The van der Waals surface area contributed by atoms with Crippen molar-refractivity contribution in [2.24, 2.45) is 34.5 Å². The number of ketones is 2. The van der Waals surface area contributed by atoms with Gasteiger partial charge in [-0.05, 0) is 61.9 Å². The zero-order valence-corrected chi connectivity index (χ0v) is 26.1. The number of Topliss-reactive ketones (excluding diaryl/α,β-unsaturated/α-hetero) is 1. The van der Waals surface area contributed by atoms with Gasteiger partial charge in [-0.3, -0.25) is 14.4 Å². The van der Waals surface area contributed by atoms with E-state index in [1.54, 1.807) is 0 Å². The Balaban J connectivity index is 1.59. The SMILES string of the molecule is C=C1C(O)CC2C(C)(C=O)CCCC2(C)C1CC1C(C)=CCC2C(=O)C(OC)=CC(=O)C21c1cc(=O)c2c(O)cc(O)cc2o1. The van der Waals surface area contributed by atoms with Gasteiger partial charge in [-0.1, -0.05) is 38.5 Å². The molecule has 1 heterocycles. The highest BCUT2D eigenvalue weighted by Crippen LogP contribution is 2.64. The molecule has 0 spiro atoms. The first-order valence-electron chi connectivity index (χ1n) is 15.6. The Morgan fingerprint density at radius 2 is 1.84 bits per heavy atom. The highest BCUT2D eigenvalue weighted by Gasteiger charge is 2.63. The van der Waals surface area contributed by atoms with Crippen LogP contribution in [-0.4, -0.2) is 46.4 Å². The first kappa shape index (κ1) is 31.0. The van der Waals surface area contributed by atoms with E-state index < -0.39 is 56.9 Å². The zero-order chi connectivity index (χ0) is 32.6. The number of carbonyl (C=O) groups excluding carboxylic acids is 3. The topological polar surface area (TPSA) is 151 Å². The number of phenols is 2. The molecular formula is C36H40O9. The van der Waals surface area contributed by atoms with Crippen molar-refractivity contribution in [1.82, 2.24) is 0 Å². The quantitative estimate of drug-likeness (QED) is 0.310. The first-order chi connectivity index (χ1) is 21.2. The van der Waals surface area contributed by atoms with Crippen molar-refractivity contribution < 1.29 is 38.9 Å². The third-order valence-corrected chi connectivity index (χ3v) is 11.9. The fourth-order valence-corrected chi connectivity index (χ4v) is 9.56. The lowest BCUT2D eigenvalue weighted by Gasteiger charge is -2.59. The normalized spacial score (nSPS) is 36.6. The van der Waals surface area contributed by atoms with Crippen LogP contribution in [0.5, 0.6) is 11.5 Å². The Bertz CT molecular complexity index is 1760. The number of ether oxygens (including phenoxy) is 1. The molecule has 9 heteroatoms. The van der Waals surface area contributed by atoms with E-state index >= 15 is 0 Å². The molecule has 1 aromatic carbocycles. The highest BCUT2D eigenvalue weighted by molar-refractivity contribution is 6.14. The van der Waals surface area contributed by atoms with Gasteiger partial charge < -0.3 is 29.3 Å². The summed E-state index contributed by atoms with van der Waals surface area (Å²) < 4.78 is 11.6. The number of aldehydes is 1. The average molecular weight is 617 g/mol. The van der Waals surface area contributed by atoms with Gasteiger partial charge in [0.25, 0.3) is 0 Å². The molecule has 4 aliphatic rings. The van der Waals surface area contributed by atoms with Crippen LogP contribution in [0.3, 0.4) is 0 Å². The lowest BCUT2D eigenvalue weighted by atomic mass is 9.44. The van der Waals surface area contributed by atoms with Gasteiger partial charge >= 0.3 is 0 Å². The summed E-state index contributed by atoms with van der Waals surface area (Å²) in [5.74, 6) is -3.87. The summed E-state index contributed by atoms with van der Waals surface area (Å²) in [6.45, 7) is 10.3.